The van der Waals surface area contributed by atoms with Gasteiger partial charge in [0.05, 0.1) is 11.3 Å². The number of nitrogens with zero attached hydrogens (tertiary/aromatic N) is 1. The normalized spacial score (nSPS) is 21.8. The molecule has 0 amide bonds. The molecular weight excluding hydrogens is 370 g/mol. The Morgan fingerprint density at radius 2 is 1.80 bits per heavy atom. The van der Waals surface area contributed by atoms with Crippen LogP contribution in [0.3, 0.4) is 0 Å². The van der Waals surface area contributed by atoms with E-state index in [2.05, 4.69) is 45.6 Å². The van der Waals surface area contributed by atoms with Crippen LogP contribution in [0.4, 0.5) is 0 Å². The van der Waals surface area contributed by atoms with Crippen LogP contribution >= 0.6 is 0 Å². The summed E-state index contributed by atoms with van der Waals surface area (Å²) in [5.74, 6) is 2.94. The minimum absolute atomic E-state index is 0.248. The monoisotopic (exact) mass is 411 g/mol. The summed E-state index contributed by atoms with van der Waals surface area (Å²) in [6, 6.07) is 4.30. The van der Waals surface area contributed by atoms with Crippen molar-refractivity contribution >= 4 is 5.57 Å². The molecule has 0 saturated carbocycles. The second kappa shape index (κ2) is 8.48. The van der Waals surface area contributed by atoms with Crippen LogP contribution in [-0.2, 0) is 0 Å². The van der Waals surface area contributed by atoms with E-state index in [9.17, 15) is 5.11 Å². The molecule has 5 rings (SSSR count). The van der Waals surface area contributed by atoms with Crippen molar-refractivity contribution in [2.24, 2.45) is 11.8 Å². The van der Waals surface area contributed by atoms with E-state index < -0.39 is 0 Å². The third kappa shape index (κ3) is 3.42. The van der Waals surface area contributed by atoms with Crippen molar-refractivity contribution in [2.75, 3.05) is 13.1 Å². The van der Waals surface area contributed by atoms with Gasteiger partial charge in [0.15, 0.2) is 0 Å². The Bertz CT molecular complexity index is 799. The van der Waals surface area contributed by atoms with Gasteiger partial charge >= 0.3 is 0 Å². The number of unbranched alkanes of at least 4 members (excludes halogenated alkanes) is 2. The van der Waals surface area contributed by atoms with Crippen LogP contribution < -0.4 is 4.74 Å². The lowest BCUT2D eigenvalue weighted by molar-refractivity contribution is 0.0412. The molecule has 4 aliphatic heterocycles. The fraction of sp³-hybridized carbons (Fsp3) is 0.704. The van der Waals surface area contributed by atoms with Crippen molar-refractivity contribution in [3.8, 4) is 11.5 Å². The second-order valence-electron chi connectivity index (χ2n) is 10.0. The molecule has 0 aromatic heterocycles. The van der Waals surface area contributed by atoms with Gasteiger partial charge in [-0.05, 0) is 66.7 Å². The molecule has 2 unspecified atom stereocenters. The molecule has 1 saturated heterocycles. The summed E-state index contributed by atoms with van der Waals surface area (Å²) in [4.78, 5) is 2.55. The first-order chi connectivity index (χ1) is 14.5. The number of allylic oxidation sites excluding steroid dienone is 1. The molecule has 4 aliphatic rings. The number of aromatic hydroxyl groups is 1. The Kier molecular flexibility index (Phi) is 6.10. The largest absolute Gasteiger partial charge is 0.507 e. The molecule has 3 heteroatoms. The molecule has 1 fully saturated rings. The van der Waals surface area contributed by atoms with Gasteiger partial charge in [-0.25, -0.2) is 0 Å². The van der Waals surface area contributed by atoms with E-state index in [0.717, 1.165) is 37.2 Å². The van der Waals surface area contributed by atoms with Crippen LogP contribution in [0.25, 0.3) is 5.57 Å². The fourth-order valence-corrected chi connectivity index (χ4v) is 6.13. The zero-order valence-electron chi connectivity index (χ0n) is 19.8. The molecule has 1 aromatic carbocycles. The van der Waals surface area contributed by atoms with Gasteiger partial charge in [0, 0.05) is 13.1 Å². The molecule has 30 heavy (non-hydrogen) atoms. The lowest BCUT2D eigenvalue weighted by atomic mass is 9.71. The highest BCUT2D eigenvalue weighted by Gasteiger charge is 2.49. The lowest BCUT2D eigenvalue weighted by Crippen LogP contribution is -2.53. The molecule has 1 aromatic rings. The number of phenolic OH excluding ortho intramolecular Hbond substituents is 1. The van der Waals surface area contributed by atoms with E-state index in [1.54, 1.807) is 0 Å². The summed E-state index contributed by atoms with van der Waals surface area (Å²) >= 11 is 0. The molecule has 2 atom stereocenters. The summed E-state index contributed by atoms with van der Waals surface area (Å²) in [5, 5.41) is 11.2. The first kappa shape index (κ1) is 21.6. The molecule has 1 N–H and O–H groups in total. The maximum Gasteiger partial charge on any atom is 0.148 e. The summed E-state index contributed by atoms with van der Waals surface area (Å²) in [7, 11) is 0. The maximum absolute atomic E-state index is 11.2. The van der Waals surface area contributed by atoms with Gasteiger partial charge in [0.2, 0.25) is 0 Å². The second-order valence-corrected chi connectivity index (χ2v) is 10.0. The number of fused-ring (bicyclic) bond motifs is 3. The van der Waals surface area contributed by atoms with Crippen LogP contribution in [0.2, 0.25) is 0 Å². The SMILES string of the molecule is CCCCCC(C)C(C)c1cc(O)c2c(c1)OC(CC)(CC)C1=C2C2CCN1CC2. The topological polar surface area (TPSA) is 32.7 Å². The highest BCUT2D eigenvalue weighted by molar-refractivity contribution is 5.83. The van der Waals surface area contributed by atoms with Crippen LogP contribution in [0.15, 0.2) is 17.8 Å². The molecule has 2 bridgehead atoms. The van der Waals surface area contributed by atoms with Crippen LogP contribution in [0.1, 0.15) is 103 Å². The fourth-order valence-electron chi connectivity index (χ4n) is 6.13. The Morgan fingerprint density at radius 1 is 1.10 bits per heavy atom. The summed E-state index contributed by atoms with van der Waals surface area (Å²) in [6.07, 6.45) is 9.45. The van der Waals surface area contributed by atoms with Gasteiger partial charge in [0.25, 0.3) is 0 Å². The van der Waals surface area contributed by atoms with E-state index in [1.807, 2.05) is 6.07 Å². The quantitative estimate of drug-likeness (QED) is 0.463. The third-order valence-corrected chi connectivity index (χ3v) is 8.37. The summed E-state index contributed by atoms with van der Waals surface area (Å²) in [5.41, 5.74) is 4.74. The van der Waals surface area contributed by atoms with Crippen LogP contribution in [0.5, 0.6) is 11.5 Å². The predicted molar refractivity (Wildman–Crippen MR) is 125 cm³/mol. The van der Waals surface area contributed by atoms with E-state index >= 15 is 0 Å². The maximum atomic E-state index is 11.2. The van der Waals surface area contributed by atoms with Gasteiger partial charge in [0.1, 0.15) is 17.1 Å². The number of phenols is 1. The van der Waals surface area contributed by atoms with E-state index in [0.29, 0.717) is 23.5 Å². The minimum Gasteiger partial charge on any atom is -0.507 e. The number of piperidine rings is 1. The van der Waals surface area contributed by atoms with Crippen molar-refractivity contribution in [1.82, 2.24) is 4.90 Å². The third-order valence-electron chi connectivity index (χ3n) is 8.37. The Balaban J connectivity index is 1.75. The first-order valence-electron chi connectivity index (χ1n) is 12.5. The molecule has 0 spiro atoms. The smallest absolute Gasteiger partial charge is 0.148 e. The van der Waals surface area contributed by atoms with Crippen molar-refractivity contribution in [3.05, 3.63) is 29.0 Å². The van der Waals surface area contributed by atoms with Gasteiger partial charge < -0.3 is 14.7 Å². The number of rotatable bonds is 8. The number of benzene rings is 1. The zero-order chi connectivity index (χ0) is 21.5. The average molecular weight is 412 g/mol. The average Bonchev–Trinajstić information content (AvgIpc) is 2.78. The minimum atomic E-state index is -0.248. The lowest BCUT2D eigenvalue weighted by Gasteiger charge is -2.53. The molecule has 3 nitrogen and oxygen atoms in total. The van der Waals surface area contributed by atoms with Gasteiger partial charge in [-0.2, -0.15) is 0 Å². The summed E-state index contributed by atoms with van der Waals surface area (Å²) in [6.45, 7) is 13.7. The van der Waals surface area contributed by atoms with Crippen LogP contribution in [-0.4, -0.2) is 28.7 Å². The molecule has 4 heterocycles. The number of ether oxygens (including phenoxy) is 1. The Morgan fingerprint density at radius 3 is 2.43 bits per heavy atom. The molecule has 0 aliphatic carbocycles. The van der Waals surface area contributed by atoms with Crippen molar-refractivity contribution in [3.63, 3.8) is 0 Å². The first-order valence-corrected chi connectivity index (χ1v) is 12.5. The van der Waals surface area contributed by atoms with Crippen molar-refractivity contribution in [2.45, 2.75) is 97.5 Å². The number of hydrogen-bond donors (Lipinski definition) is 1. The van der Waals surface area contributed by atoms with E-state index in [-0.39, 0.29) is 5.60 Å². The van der Waals surface area contributed by atoms with E-state index in [4.69, 9.17) is 4.74 Å². The molecular formula is C27H41NO2. The van der Waals surface area contributed by atoms with Crippen molar-refractivity contribution in [1.29, 1.82) is 0 Å². The number of hydrogen-bond acceptors (Lipinski definition) is 3. The molecule has 0 radical (unpaired) electrons. The standard InChI is InChI=1S/C27H41NO2/c1-6-9-10-11-18(4)19(5)21-16-22(29)25-23(17-21)30-27(7-2,8-3)26-24(25)20-12-14-28(26)15-13-20/h16-20,29H,6-15H2,1-5H3. The molecule has 166 valence electrons. The highest BCUT2D eigenvalue weighted by atomic mass is 16.5. The van der Waals surface area contributed by atoms with Gasteiger partial charge in [-0.3, -0.25) is 0 Å². The van der Waals surface area contributed by atoms with Crippen LogP contribution in [0, 0.1) is 11.8 Å². The predicted octanol–water partition coefficient (Wildman–Crippen LogP) is 7.10. The van der Waals surface area contributed by atoms with Gasteiger partial charge in [-0.15, -0.1) is 0 Å². The van der Waals surface area contributed by atoms with E-state index in [1.165, 1.54) is 55.4 Å². The Hall–Kier alpha value is -1.64. The Labute approximate surface area is 183 Å². The summed E-state index contributed by atoms with van der Waals surface area (Å²) < 4.78 is 6.83. The highest BCUT2D eigenvalue weighted by Crippen LogP contribution is 2.56. The van der Waals surface area contributed by atoms with Crippen molar-refractivity contribution < 1.29 is 9.84 Å². The zero-order valence-corrected chi connectivity index (χ0v) is 19.8. The van der Waals surface area contributed by atoms with Gasteiger partial charge in [-0.1, -0.05) is 60.3 Å².